The van der Waals surface area contributed by atoms with Gasteiger partial charge < -0.3 is 0 Å². The van der Waals surface area contributed by atoms with E-state index in [1.165, 1.54) is 34.7 Å². The van der Waals surface area contributed by atoms with Crippen molar-refractivity contribution in [2.24, 2.45) is 5.92 Å². The molecule has 0 aliphatic heterocycles. The van der Waals surface area contributed by atoms with Gasteiger partial charge in [0.1, 0.15) is 6.33 Å². The molecule has 4 rings (SSSR count). The average Bonchev–Trinajstić information content (AvgIpc) is 3.18. The van der Waals surface area contributed by atoms with E-state index in [9.17, 15) is 4.79 Å². The van der Waals surface area contributed by atoms with Gasteiger partial charge in [-0.1, -0.05) is 36.9 Å². The SMILES string of the molecule is C[C@@H]1CCc2c(c3ccccc3n2C(=O)CSc2ncn[nH]2)C1. The second-order valence-corrected chi connectivity index (χ2v) is 7.06. The van der Waals surface area contributed by atoms with Crippen LogP contribution in [0.3, 0.4) is 0 Å². The number of nitrogens with one attached hydrogen (secondary N) is 1. The van der Waals surface area contributed by atoms with Crippen LogP contribution in [0.2, 0.25) is 0 Å². The first-order valence-corrected chi connectivity index (χ1v) is 8.85. The van der Waals surface area contributed by atoms with Gasteiger partial charge in [0.25, 0.3) is 0 Å². The summed E-state index contributed by atoms with van der Waals surface area (Å²) < 4.78 is 1.93. The average molecular weight is 326 g/mol. The van der Waals surface area contributed by atoms with Crippen molar-refractivity contribution in [3.05, 3.63) is 41.9 Å². The van der Waals surface area contributed by atoms with Crippen LogP contribution in [0.25, 0.3) is 10.9 Å². The number of aromatic amines is 1. The van der Waals surface area contributed by atoms with Crippen molar-refractivity contribution < 1.29 is 4.79 Å². The highest BCUT2D eigenvalue weighted by Crippen LogP contribution is 2.34. The van der Waals surface area contributed by atoms with Crippen LogP contribution < -0.4 is 0 Å². The summed E-state index contributed by atoms with van der Waals surface area (Å²) in [6.07, 6.45) is 4.64. The van der Waals surface area contributed by atoms with Gasteiger partial charge in [-0.15, -0.1) is 0 Å². The summed E-state index contributed by atoms with van der Waals surface area (Å²) in [4.78, 5) is 16.9. The molecule has 0 unspecified atom stereocenters. The van der Waals surface area contributed by atoms with Crippen molar-refractivity contribution in [1.29, 1.82) is 0 Å². The Morgan fingerprint density at radius 3 is 3.13 bits per heavy atom. The third-order valence-corrected chi connectivity index (χ3v) is 5.35. The number of hydrogen-bond donors (Lipinski definition) is 1. The molecule has 1 N–H and O–H groups in total. The molecule has 0 radical (unpaired) electrons. The van der Waals surface area contributed by atoms with Crippen LogP contribution in [0.5, 0.6) is 0 Å². The van der Waals surface area contributed by atoms with Crippen LogP contribution in [-0.4, -0.2) is 31.4 Å². The fourth-order valence-electron chi connectivity index (χ4n) is 3.43. The topological polar surface area (TPSA) is 63.6 Å². The van der Waals surface area contributed by atoms with Gasteiger partial charge in [0.2, 0.25) is 5.91 Å². The van der Waals surface area contributed by atoms with Gasteiger partial charge in [-0.2, -0.15) is 5.10 Å². The molecule has 1 atom stereocenters. The van der Waals surface area contributed by atoms with E-state index in [1.54, 1.807) is 0 Å². The molecule has 118 valence electrons. The van der Waals surface area contributed by atoms with Crippen molar-refractivity contribution in [2.45, 2.75) is 31.3 Å². The Morgan fingerprint density at radius 1 is 1.43 bits per heavy atom. The van der Waals surface area contributed by atoms with Gasteiger partial charge in [0.05, 0.1) is 11.3 Å². The number of carbonyl (C=O) groups is 1. The number of thioether (sulfide) groups is 1. The number of carbonyl (C=O) groups excluding carboxylic acids is 1. The standard InChI is InChI=1S/C17H18N4OS/c1-11-6-7-15-13(8-11)12-4-2-3-5-14(12)21(15)16(22)9-23-17-18-10-19-20-17/h2-5,10-11H,6-9H2,1H3,(H,18,19,20)/t11-/m1/s1. The number of para-hydroxylation sites is 1. The number of aromatic nitrogens is 4. The second kappa shape index (κ2) is 5.85. The summed E-state index contributed by atoms with van der Waals surface area (Å²) in [5, 5.41) is 8.51. The molecule has 23 heavy (non-hydrogen) atoms. The van der Waals surface area contributed by atoms with Crippen LogP contribution in [0, 0.1) is 5.92 Å². The number of H-pyrrole nitrogens is 1. The number of nitrogens with zero attached hydrogens (tertiary/aromatic N) is 3. The number of benzene rings is 1. The molecule has 2 aromatic heterocycles. The lowest BCUT2D eigenvalue weighted by Crippen LogP contribution is -2.20. The van der Waals surface area contributed by atoms with E-state index in [-0.39, 0.29) is 5.91 Å². The highest BCUT2D eigenvalue weighted by atomic mass is 32.2. The monoisotopic (exact) mass is 326 g/mol. The largest absolute Gasteiger partial charge is 0.283 e. The van der Waals surface area contributed by atoms with Gasteiger partial charge >= 0.3 is 0 Å². The van der Waals surface area contributed by atoms with Gasteiger partial charge in [-0.25, -0.2) is 4.98 Å². The zero-order valence-electron chi connectivity index (χ0n) is 13.0. The smallest absolute Gasteiger partial charge is 0.241 e. The van der Waals surface area contributed by atoms with Crippen LogP contribution in [0.4, 0.5) is 0 Å². The predicted molar refractivity (Wildman–Crippen MR) is 90.9 cm³/mol. The minimum absolute atomic E-state index is 0.110. The Labute approximate surface area is 138 Å². The first kappa shape index (κ1) is 14.5. The highest BCUT2D eigenvalue weighted by molar-refractivity contribution is 7.99. The molecular weight excluding hydrogens is 308 g/mol. The van der Waals surface area contributed by atoms with Crippen LogP contribution >= 0.6 is 11.8 Å². The van der Waals surface area contributed by atoms with Crippen LogP contribution in [-0.2, 0) is 12.8 Å². The normalized spacial score (nSPS) is 17.3. The van der Waals surface area contributed by atoms with Crippen molar-refractivity contribution in [2.75, 3.05) is 5.75 Å². The quantitative estimate of drug-likeness (QED) is 0.750. The molecule has 0 bridgehead atoms. The van der Waals surface area contributed by atoms with E-state index >= 15 is 0 Å². The van der Waals surface area contributed by atoms with Gasteiger partial charge in [-0.05, 0) is 36.8 Å². The van der Waals surface area contributed by atoms with Gasteiger partial charge in [0.15, 0.2) is 5.16 Å². The maximum absolute atomic E-state index is 12.8. The van der Waals surface area contributed by atoms with E-state index < -0.39 is 0 Å². The maximum Gasteiger partial charge on any atom is 0.241 e. The Hall–Kier alpha value is -2.08. The second-order valence-electron chi connectivity index (χ2n) is 6.10. The molecule has 0 saturated heterocycles. The van der Waals surface area contributed by atoms with Gasteiger partial charge in [-0.3, -0.25) is 14.5 Å². The Balaban J connectivity index is 1.72. The molecule has 0 fully saturated rings. The molecule has 5 nitrogen and oxygen atoms in total. The molecule has 1 aromatic carbocycles. The minimum Gasteiger partial charge on any atom is -0.283 e. The fourth-order valence-corrected chi connectivity index (χ4v) is 4.06. The summed E-state index contributed by atoms with van der Waals surface area (Å²) in [5.74, 6) is 1.15. The zero-order chi connectivity index (χ0) is 15.8. The maximum atomic E-state index is 12.8. The third-order valence-electron chi connectivity index (χ3n) is 4.49. The van der Waals surface area contributed by atoms with Crippen LogP contribution in [0.1, 0.15) is 29.4 Å². The molecule has 1 aliphatic rings. The minimum atomic E-state index is 0.110. The summed E-state index contributed by atoms with van der Waals surface area (Å²) in [7, 11) is 0. The van der Waals surface area contributed by atoms with E-state index in [2.05, 4.69) is 40.3 Å². The molecule has 3 aromatic rings. The number of fused-ring (bicyclic) bond motifs is 3. The Kier molecular flexibility index (Phi) is 3.69. The fraction of sp³-hybridized carbons (Fsp3) is 0.353. The summed E-state index contributed by atoms with van der Waals surface area (Å²) in [6, 6.07) is 8.25. The molecule has 0 spiro atoms. The summed E-state index contributed by atoms with van der Waals surface area (Å²) >= 11 is 1.39. The van der Waals surface area contributed by atoms with E-state index in [0.29, 0.717) is 16.8 Å². The van der Waals surface area contributed by atoms with Crippen molar-refractivity contribution >= 4 is 28.6 Å². The molecule has 0 amide bonds. The number of hydrogen-bond acceptors (Lipinski definition) is 4. The third kappa shape index (κ3) is 2.57. The predicted octanol–water partition coefficient (Wildman–Crippen LogP) is 3.32. The number of rotatable bonds is 3. The zero-order valence-corrected chi connectivity index (χ0v) is 13.8. The molecule has 2 heterocycles. The first-order valence-electron chi connectivity index (χ1n) is 7.86. The molecule has 6 heteroatoms. The first-order chi connectivity index (χ1) is 11.2. The van der Waals surface area contributed by atoms with Crippen molar-refractivity contribution in [3.63, 3.8) is 0 Å². The van der Waals surface area contributed by atoms with Crippen molar-refractivity contribution in [1.82, 2.24) is 19.7 Å². The molecule has 0 saturated carbocycles. The Bertz CT molecular complexity index is 853. The van der Waals surface area contributed by atoms with E-state index in [4.69, 9.17) is 0 Å². The van der Waals surface area contributed by atoms with E-state index in [0.717, 1.165) is 24.8 Å². The molecule has 1 aliphatic carbocycles. The summed E-state index contributed by atoms with van der Waals surface area (Å²) in [6.45, 7) is 2.29. The molecular formula is C17H18N4OS. The lowest BCUT2D eigenvalue weighted by molar-refractivity contribution is 0.0943. The Morgan fingerprint density at radius 2 is 2.30 bits per heavy atom. The van der Waals surface area contributed by atoms with E-state index in [1.807, 2.05) is 10.6 Å². The summed E-state index contributed by atoms with van der Waals surface area (Å²) in [5.41, 5.74) is 3.60. The highest BCUT2D eigenvalue weighted by Gasteiger charge is 2.25. The lowest BCUT2D eigenvalue weighted by Gasteiger charge is -2.20. The van der Waals surface area contributed by atoms with Crippen LogP contribution in [0.15, 0.2) is 35.7 Å². The lowest BCUT2D eigenvalue weighted by atomic mass is 9.88. The van der Waals surface area contributed by atoms with Gasteiger partial charge in [0, 0.05) is 11.1 Å². The van der Waals surface area contributed by atoms with Crippen molar-refractivity contribution in [3.8, 4) is 0 Å².